The number of fused-ring (bicyclic) bond motifs is 1. The average Bonchev–Trinajstić information content (AvgIpc) is 2.15. The fourth-order valence-electron chi connectivity index (χ4n) is 3.18. The van der Waals surface area contributed by atoms with E-state index in [-0.39, 0.29) is 11.8 Å². The number of carbonyl (C=O) groups is 1. The van der Waals surface area contributed by atoms with Crippen molar-refractivity contribution in [3.8, 4) is 0 Å². The lowest BCUT2D eigenvalue weighted by molar-refractivity contribution is -0.129. The number of aldehydes is 1. The molecule has 0 aromatic rings. The van der Waals surface area contributed by atoms with Gasteiger partial charge in [0.05, 0.1) is 5.60 Å². The first kappa shape index (κ1) is 9.20. The molecule has 74 valence electrons. The molecule has 13 heavy (non-hydrogen) atoms. The Morgan fingerprint density at radius 1 is 1.15 bits per heavy atom. The molecule has 1 N–H and O–H groups in total. The van der Waals surface area contributed by atoms with E-state index < -0.39 is 5.60 Å². The second-order valence-electron chi connectivity index (χ2n) is 4.65. The summed E-state index contributed by atoms with van der Waals surface area (Å²) in [5.41, 5.74) is -0.484. The van der Waals surface area contributed by atoms with Crippen molar-refractivity contribution < 1.29 is 9.90 Å². The highest BCUT2D eigenvalue weighted by molar-refractivity contribution is 5.54. The van der Waals surface area contributed by atoms with Gasteiger partial charge in [-0.2, -0.15) is 0 Å². The first-order valence-corrected chi connectivity index (χ1v) is 5.44. The van der Waals surface area contributed by atoms with E-state index in [4.69, 9.17) is 0 Å². The van der Waals surface area contributed by atoms with Gasteiger partial charge in [-0.1, -0.05) is 12.8 Å². The number of carbonyl (C=O) groups excluding carboxylic acids is 1. The lowest BCUT2D eigenvalue weighted by Gasteiger charge is -2.46. The molecule has 0 spiro atoms. The van der Waals surface area contributed by atoms with Crippen molar-refractivity contribution in [2.24, 2.45) is 11.8 Å². The summed E-state index contributed by atoms with van der Waals surface area (Å²) in [6, 6.07) is 0. The molecule has 0 aromatic heterocycles. The fourth-order valence-corrected chi connectivity index (χ4v) is 3.18. The molecule has 2 nitrogen and oxygen atoms in total. The van der Waals surface area contributed by atoms with Crippen LogP contribution in [-0.2, 0) is 4.79 Å². The molecule has 0 aliphatic heterocycles. The summed E-state index contributed by atoms with van der Waals surface area (Å²) in [5, 5.41) is 10.3. The van der Waals surface area contributed by atoms with E-state index in [0.717, 1.165) is 44.8 Å². The van der Waals surface area contributed by atoms with Crippen LogP contribution >= 0.6 is 0 Å². The summed E-state index contributed by atoms with van der Waals surface area (Å²) in [7, 11) is 0. The molecule has 0 aromatic carbocycles. The van der Waals surface area contributed by atoms with Gasteiger partial charge < -0.3 is 9.90 Å². The van der Waals surface area contributed by atoms with Crippen LogP contribution in [0.5, 0.6) is 0 Å². The van der Waals surface area contributed by atoms with Gasteiger partial charge in [0.15, 0.2) is 0 Å². The van der Waals surface area contributed by atoms with E-state index in [1.54, 1.807) is 0 Å². The van der Waals surface area contributed by atoms with Crippen molar-refractivity contribution in [1.82, 2.24) is 0 Å². The normalized spacial score (nSPS) is 45.3. The van der Waals surface area contributed by atoms with E-state index in [2.05, 4.69) is 0 Å². The lowest BCUT2D eigenvalue weighted by Crippen LogP contribution is -2.47. The van der Waals surface area contributed by atoms with Crippen molar-refractivity contribution in [3.05, 3.63) is 0 Å². The standard InChI is InChI=1S/C11H18O2/c12-8-9-4-3-7-11(13)6-2-1-5-10(9)11/h8-10,13H,1-7H2. The number of hydrogen-bond acceptors (Lipinski definition) is 2. The third-order valence-electron chi connectivity index (χ3n) is 3.90. The zero-order valence-corrected chi connectivity index (χ0v) is 8.04. The maximum Gasteiger partial charge on any atom is 0.123 e. The molecular formula is C11H18O2. The second kappa shape index (κ2) is 3.41. The smallest absolute Gasteiger partial charge is 0.123 e. The molecule has 2 aliphatic carbocycles. The molecule has 2 aliphatic rings. The van der Waals surface area contributed by atoms with E-state index in [9.17, 15) is 9.90 Å². The Kier molecular flexibility index (Phi) is 2.41. The molecule has 0 amide bonds. The summed E-state index contributed by atoms with van der Waals surface area (Å²) in [4.78, 5) is 10.8. The minimum absolute atomic E-state index is 0.138. The van der Waals surface area contributed by atoms with Gasteiger partial charge in [0.1, 0.15) is 6.29 Å². The molecule has 2 saturated carbocycles. The van der Waals surface area contributed by atoms with Gasteiger partial charge in [-0.3, -0.25) is 0 Å². The Bertz CT molecular complexity index is 198. The van der Waals surface area contributed by atoms with Crippen molar-refractivity contribution in [1.29, 1.82) is 0 Å². The van der Waals surface area contributed by atoms with E-state index in [1.165, 1.54) is 6.42 Å². The molecule has 3 atom stereocenters. The number of aliphatic hydroxyl groups is 1. The summed E-state index contributed by atoms with van der Waals surface area (Å²) in [6.45, 7) is 0. The first-order valence-electron chi connectivity index (χ1n) is 5.44. The van der Waals surface area contributed by atoms with Gasteiger partial charge in [-0.15, -0.1) is 0 Å². The zero-order chi connectivity index (χ0) is 9.31. The molecule has 2 fully saturated rings. The molecule has 3 unspecified atom stereocenters. The minimum atomic E-state index is -0.484. The highest BCUT2D eigenvalue weighted by atomic mass is 16.3. The topological polar surface area (TPSA) is 37.3 Å². The van der Waals surface area contributed by atoms with E-state index >= 15 is 0 Å². The Morgan fingerprint density at radius 2 is 1.92 bits per heavy atom. The van der Waals surface area contributed by atoms with E-state index in [1.807, 2.05) is 0 Å². The molecule has 0 radical (unpaired) electrons. The largest absolute Gasteiger partial charge is 0.390 e. The molecule has 2 heteroatoms. The third-order valence-corrected chi connectivity index (χ3v) is 3.90. The predicted octanol–water partition coefficient (Wildman–Crippen LogP) is 1.91. The maximum atomic E-state index is 10.8. The quantitative estimate of drug-likeness (QED) is 0.629. The first-order chi connectivity index (χ1) is 6.26. The Labute approximate surface area is 79.3 Å². The van der Waals surface area contributed by atoms with Gasteiger partial charge in [-0.25, -0.2) is 0 Å². The minimum Gasteiger partial charge on any atom is -0.390 e. The molecular weight excluding hydrogens is 164 g/mol. The maximum absolute atomic E-state index is 10.8. The highest BCUT2D eigenvalue weighted by Gasteiger charge is 2.45. The van der Waals surface area contributed by atoms with Crippen LogP contribution in [0.1, 0.15) is 44.9 Å². The molecule has 2 rings (SSSR count). The van der Waals surface area contributed by atoms with Crippen molar-refractivity contribution in [2.45, 2.75) is 50.5 Å². The third kappa shape index (κ3) is 1.52. The van der Waals surface area contributed by atoms with Crippen molar-refractivity contribution in [2.75, 3.05) is 0 Å². The van der Waals surface area contributed by atoms with Crippen LogP contribution in [0.3, 0.4) is 0 Å². The summed E-state index contributed by atoms with van der Waals surface area (Å²) in [5.74, 6) is 0.409. The number of hydrogen-bond donors (Lipinski definition) is 1. The Hall–Kier alpha value is -0.370. The van der Waals surface area contributed by atoms with Gasteiger partial charge in [-0.05, 0) is 38.0 Å². The van der Waals surface area contributed by atoms with Crippen LogP contribution in [-0.4, -0.2) is 17.0 Å². The van der Waals surface area contributed by atoms with Crippen LogP contribution in [0.25, 0.3) is 0 Å². The summed E-state index contributed by atoms with van der Waals surface area (Å²) < 4.78 is 0. The second-order valence-corrected chi connectivity index (χ2v) is 4.65. The predicted molar refractivity (Wildman–Crippen MR) is 50.3 cm³/mol. The Morgan fingerprint density at radius 3 is 2.69 bits per heavy atom. The number of rotatable bonds is 1. The van der Waals surface area contributed by atoms with Gasteiger partial charge >= 0.3 is 0 Å². The highest BCUT2D eigenvalue weighted by Crippen LogP contribution is 2.45. The van der Waals surface area contributed by atoms with Crippen LogP contribution in [0.15, 0.2) is 0 Å². The van der Waals surface area contributed by atoms with Crippen molar-refractivity contribution in [3.63, 3.8) is 0 Å². The lowest BCUT2D eigenvalue weighted by atomic mass is 9.63. The monoisotopic (exact) mass is 182 g/mol. The Balaban J connectivity index is 2.15. The van der Waals surface area contributed by atoms with Crippen molar-refractivity contribution >= 4 is 6.29 Å². The molecule has 0 bridgehead atoms. The SMILES string of the molecule is O=CC1CCCC2(O)CCCCC12. The average molecular weight is 182 g/mol. The van der Waals surface area contributed by atoms with Gasteiger partial charge in [0.25, 0.3) is 0 Å². The van der Waals surface area contributed by atoms with Gasteiger partial charge in [0.2, 0.25) is 0 Å². The summed E-state index contributed by atoms with van der Waals surface area (Å²) >= 11 is 0. The van der Waals surface area contributed by atoms with Crippen LogP contribution in [0, 0.1) is 11.8 Å². The van der Waals surface area contributed by atoms with Crippen LogP contribution < -0.4 is 0 Å². The molecule has 0 heterocycles. The van der Waals surface area contributed by atoms with E-state index in [0.29, 0.717) is 0 Å². The fraction of sp³-hybridized carbons (Fsp3) is 0.909. The zero-order valence-electron chi connectivity index (χ0n) is 8.04. The summed E-state index contributed by atoms with van der Waals surface area (Å²) in [6.07, 6.45) is 8.31. The van der Waals surface area contributed by atoms with Gasteiger partial charge in [0, 0.05) is 5.92 Å². The van der Waals surface area contributed by atoms with Crippen LogP contribution in [0.4, 0.5) is 0 Å². The van der Waals surface area contributed by atoms with Crippen LogP contribution in [0.2, 0.25) is 0 Å². The molecule has 0 saturated heterocycles.